The van der Waals surface area contributed by atoms with Crippen LogP contribution in [0.3, 0.4) is 0 Å². The van der Waals surface area contributed by atoms with Crippen LogP contribution in [0.1, 0.15) is 50.7 Å². The van der Waals surface area contributed by atoms with Crippen molar-refractivity contribution in [2.75, 3.05) is 0 Å². The molecule has 82 valence electrons. The van der Waals surface area contributed by atoms with Crippen LogP contribution >= 0.6 is 0 Å². The number of rotatable bonds is 4. The third kappa shape index (κ3) is 2.34. The van der Waals surface area contributed by atoms with Crippen molar-refractivity contribution >= 4 is 0 Å². The fourth-order valence-corrected chi connectivity index (χ4v) is 2.02. The van der Waals surface area contributed by atoms with Crippen LogP contribution in [0.25, 0.3) is 0 Å². The van der Waals surface area contributed by atoms with Crippen molar-refractivity contribution in [3.05, 3.63) is 29.3 Å². The van der Waals surface area contributed by atoms with Crippen LogP contribution in [0.15, 0.2) is 18.2 Å². The molecule has 0 radical (unpaired) electrons. The van der Waals surface area contributed by atoms with Crippen molar-refractivity contribution in [1.82, 2.24) is 0 Å². The minimum Gasteiger partial charge on any atom is -0.490 e. The van der Waals surface area contributed by atoms with E-state index >= 15 is 0 Å². The quantitative estimate of drug-likeness (QED) is 0.722. The number of ether oxygens (including phenoxy) is 1. The maximum absolute atomic E-state index is 5.96. The SMILES string of the molecule is CCc1cccc(OC2CC2)c1C(C)C. The molecule has 0 N–H and O–H groups in total. The highest BCUT2D eigenvalue weighted by molar-refractivity contribution is 5.42. The summed E-state index contributed by atoms with van der Waals surface area (Å²) in [6.45, 7) is 6.70. The monoisotopic (exact) mass is 204 g/mol. The van der Waals surface area contributed by atoms with Gasteiger partial charge < -0.3 is 4.74 Å². The second-order valence-electron chi connectivity index (χ2n) is 4.65. The highest BCUT2D eigenvalue weighted by atomic mass is 16.5. The molecule has 0 amide bonds. The largest absolute Gasteiger partial charge is 0.490 e. The Kier molecular flexibility index (Phi) is 2.99. The van der Waals surface area contributed by atoms with Crippen LogP contribution in [-0.4, -0.2) is 6.10 Å². The van der Waals surface area contributed by atoms with Gasteiger partial charge in [0.15, 0.2) is 0 Å². The molecule has 0 bridgehead atoms. The van der Waals surface area contributed by atoms with E-state index in [0.29, 0.717) is 12.0 Å². The lowest BCUT2D eigenvalue weighted by atomic mass is 9.95. The number of hydrogen-bond donors (Lipinski definition) is 0. The van der Waals surface area contributed by atoms with Gasteiger partial charge in [0.2, 0.25) is 0 Å². The Morgan fingerprint density at radius 1 is 1.33 bits per heavy atom. The van der Waals surface area contributed by atoms with Crippen LogP contribution in [0.5, 0.6) is 5.75 Å². The van der Waals surface area contributed by atoms with Gasteiger partial charge in [-0.1, -0.05) is 32.9 Å². The molecular weight excluding hydrogens is 184 g/mol. The first kappa shape index (κ1) is 10.5. The summed E-state index contributed by atoms with van der Waals surface area (Å²) in [6.07, 6.45) is 4.05. The zero-order valence-electron chi connectivity index (χ0n) is 9.92. The van der Waals surface area contributed by atoms with Crippen molar-refractivity contribution in [1.29, 1.82) is 0 Å². The van der Waals surface area contributed by atoms with Crippen molar-refractivity contribution in [3.63, 3.8) is 0 Å². The second kappa shape index (κ2) is 4.26. The van der Waals surface area contributed by atoms with Crippen molar-refractivity contribution in [3.8, 4) is 5.75 Å². The second-order valence-corrected chi connectivity index (χ2v) is 4.65. The van der Waals surface area contributed by atoms with Gasteiger partial charge in [-0.2, -0.15) is 0 Å². The molecule has 1 nitrogen and oxygen atoms in total. The summed E-state index contributed by atoms with van der Waals surface area (Å²) in [5, 5.41) is 0. The lowest BCUT2D eigenvalue weighted by Gasteiger charge is -2.17. The highest BCUT2D eigenvalue weighted by Gasteiger charge is 2.25. The Labute approximate surface area is 92.5 Å². The molecule has 1 aliphatic carbocycles. The molecule has 0 saturated heterocycles. The summed E-state index contributed by atoms with van der Waals surface area (Å²) >= 11 is 0. The van der Waals surface area contributed by atoms with Gasteiger partial charge in [-0.25, -0.2) is 0 Å². The zero-order valence-corrected chi connectivity index (χ0v) is 9.92. The molecule has 15 heavy (non-hydrogen) atoms. The maximum Gasteiger partial charge on any atom is 0.123 e. The van der Waals surface area contributed by atoms with E-state index in [1.54, 1.807) is 0 Å². The van der Waals surface area contributed by atoms with Crippen molar-refractivity contribution < 1.29 is 4.74 Å². The van der Waals surface area contributed by atoms with E-state index in [9.17, 15) is 0 Å². The summed E-state index contributed by atoms with van der Waals surface area (Å²) in [5.74, 6) is 1.67. The van der Waals surface area contributed by atoms with E-state index < -0.39 is 0 Å². The minimum absolute atomic E-state index is 0.495. The summed E-state index contributed by atoms with van der Waals surface area (Å²) in [7, 11) is 0. The molecule has 1 heteroatoms. The van der Waals surface area contributed by atoms with Gasteiger partial charge in [-0.3, -0.25) is 0 Å². The number of hydrogen-bond acceptors (Lipinski definition) is 1. The molecular formula is C14H20O. The van der Waals surface area contributed by atoms with Gasteiger partial charge >= 0.3 is 0 Å². The molecule has 1 aromatic carbocycles. The van der Waals surface area contributed by atoms with Crippen LogP contribution < -0.4 is 4.74 Å². The van der Waals surface area contributed by atoms with E-state index in [4.69, 9.17) is 4.74 Å². The molecule has 0 heterocycles. The lowest BCUT2D eigenvalue weighted by molar-refractivity contribution is 0.298. The third-order valence-electron chi connectivity index (χ3n) is 2.93. The first-order chi connectivity index (χ1) is 7.22. The molecule has 1 aliphatic rings. The van der Waals surface area contributed by atoms with Gasteiger partial charge in [0.1, 0.15) is 5.75 Å². The summed E-state index contributed by atoms with van der Waals surface area (Å²) in [5.41, 5.74) is 2.84. The fraction of sp³-hybridized carbons (Fsp3) is 0.571. The first-order valence-electron chi connectivity index (χ1n) is 6.00. The van der Waals surface area contributed by atoms with E-state index in [-0.39, 0.29) is 0 Å². The average Bonchev–Trinajstić information content (AvgIpc) is 3.01. The maximum atomic E-state index is 5.96. The Morgan fingerprint density at radius 3 is 2.60 bits per heavy atom. The van der Waals surface area contributed by atoms with Crippen LogP contribution in [-0.2, 0) is 6.42 Å². The van der Waals surface area contributed by atoms with Crippen molar-refractivity contribution in [2.45, 2.75) is 52.1 Å². The van der Waals surface area contributed by atoms with Gasteiger partial charge in [-0.15, -0.1) is 0 Å². The normalized spacial score (nSPS) is 15.7. The average molecular weight is 204 g/mol. The highest BCUT2D eigenvalue weighted by Crippen LogP contribution is 2.34. The van der Waals surface area contributed by atoms with E-state index in [1.807, 2.05) is 0 Å². The molecule has 0 unspecified atom stereocenters. The number of benzene rings is 1. The lowest BCUT2D eigenvalue weighted by Crippen LogP contribution is -2.03. The molecule has 1 fully saturated rings. The minimum atomic E-state index is 0.495. The smallest absolute Gasteiger partial charge is 0.123 e. The molecule has 0 aromatic heterocycles. The Morgan fingerprint density at radius 2 is 2.07 bits per heavy atom. The van der Waals surface area contributed by atoms with E-state index in [1.165, 1.54) is 24.0 Å². The fourth-order valence-electron chi connectivity index (χ4n) is 2.02. The number of aryl methyl sites for hydroxylation is 1. The van der Waals surface area contributed by atoms with E-state index in [2.05, 4.69) is 39.0 Å². The topological polar surface area (TPSA) is 9.23 Å². The third-order valence-corrected chi connectivity index (χ3v) is 2.93. The van der Waals surface area contributed by atoms with Crippen LogP contribution in [0, 0.1) is 0 Å². The summed E-state index contributed by atoms with van der Waals surface area (Å²) in [6, 6.07) is 6.45. The molecule has 0 aliphatic heterocycles. The zero-order chi connectivity index (χ0) is 10.8. The Balaban J connectivity index is 2.32. The standard InChI is InChI=1S/C14H20O/c1-4-11-6-5-7-13(14(11)10(2)3)15-12-8-9-12/h5-7,10,12H,4,8-9H2,1-3H3. The first-order valence-corrected chi connectivity index (χ1v) is 6.00. The van der Waals surface area contributed by atoms with E-state index in [0.717, 1.165) is 12.2 Å². The van der Waals surface area contributed by atoms with Gasteiger partial charge in [0, 0.05) is 0 Å². The summed E-state index contributed by atoms with van der Waals surface area (Å²) in [4.78, 5) is 0. The predicted molar refractivity (Wildman–Crippen MR) is 63.6 cm³/mol. The summed E-state index contributed by atoms with van der Waals surface area (Å²) < 4.78 is 5.96. The molecule has 2 rings (SSSR count). The molecule has 0 spiro atoms. The van der Waals surface area contributed by atoms with Gasteiger partial charge in [0.25, 0.3) is 0 Å². The Bertz CT molecular complexity index is 337. The molecule has 0 atom stereocenters. The molecule has 1 saturated carbocycles. The van der Waals surface area contributed by atoms with Gasteiger partial charge in [-0.05, 0) is 42.4 Å². The van der Waals surface area contributed by atoms with Gasteiger partial charge in [0.05, 0.1) is 6.10 Å². The Hall–Kier alpha value is -0.980. The molecule has 1 aromatic rings. The van der Waals surface area contributed by atoms with Crippen LogP contribution in [0.2, 0.25) is 0 Å². The van der Waals surface area contributed by atoms with Crippen LogP contribution in [0.4, 0.5) is 0 Å². The predicted octanol–water partition coefficient (Wildman–Crippen LogP) is 3.91. The van der Waals surface area contributed by atoms with Crippen molar-refractivity contribution in [2.24, 2.45) is 0 Å².